The van der Waals surface area contributed by atoms with Crippen LogP contribution < -0.4 is 10.2 Å². The number of hydrogen-bond acceptors (Lipinski definition) is 8. The number of barbiturate groups is 1. The minimum Gasteiger partial charge on any atom is -0.466 e. The Morgan fingerprint density at radius 1 is 1.29 bits per heavy atom. The minimum absolute atomic E-state index is 0.120. The topological polar surface area (TPSA) is 139 Å². The first-order valence-electron chi connectivity index (χ1n) is 11.3. The zero-order valence-corrected chi connectivity index (χ0v) is 19.6. The van der Waals surface area contributed by atoms with Crippen LogP contribution in [-0.4, -0.2) is 58.4 Å². The van der Waals surface area contributed by atoms with E-state index in [1.807, 2.05) is 4.90 Å². The van der Waals surface area contributed by atoms with E-state index in [-0.39, 0.29) is 31.1 Å². The third-order valence-electron chi connectivity index (χ3n) is 6.93. The van der Waals surface area contributed by atoms with Gasteiger partial charge in [0.15, 0.2) is 5.41 Å². The van der Waals surface area contributed by atoms with Crippen molar-refractivity contribution in [3.63, 3.8) is 0 Å². The highest BCUT2D eigenvalue weighted by atomic mass is 16.6. The molecule has 0 aliphatic carbocycles. The van der Waals surface area contributed by atoms with Crippen LogP contribution in [0, 0.1) is 21.4 Å². The van der Waals surface area contributed by atoms with Gasteiger partial charge in [-0.25, -0.2) is 4.79 Å². The van der Waals surface area contributed by atoms with Crippen LogP contribution in [0.4, 0.5) is 16.2 Å². The lowest BCUT2D eigenvalue weighted by molar-refractivity contribution is -0.384. The van der Waals surface area contributed by atoms with E-state index >= 15 is 0 Å². The zero-order valence-electron chi connectivity index (χ0n) is 19.6. The van der Waals surface area contributed by atoms with Crippen molar-refractivity contribution in [2.75, 3.05) is 18.1 Å². The first-order valence-corrected chi connectivity index (χ1v) is 11.3. The Morgan fingerprint density at radius 3 is 2.62 bits per heavy atom. The number of anilines is 1. The van der Waals surface area contributed by atoms with Gasteiger partial charge in [0.2, 0.25) is 11.8 Å². The van der Waals surface area contributed by atoms with E-state index in [2.05, 4.69) is 5.32 Å². The lowest BCUT2D eigenvalue weighted by Gasteiger charge is -2.55. The molecule has 0 unspecified atom stereocenters. The first kappa shape index (κ1) is 23.7. The summed E-state index contributed by atoms with van der Waals surface area (Å²) >= 11 is 0. The molecule has 1 aromatic rings. The number of nitrogens with zero attached hydrogens (tertiary/aromatic N) is 3. The second-order valence-electron chi connectivity index (χ2n) is 9.97. The normalized spacial score (nSPS) is 26.6. The SMILES string of the molecule is CCOC(=O)[C@H]1CCN2c3ccc([N+](=O)[O-])cc3C[C@@]3(C(=O)NC(=O)N(C(C)(C)C)C3=O)[C@@H]2C1. The Balaban J connectivity index is 1.88. The predicted octanol–water partition coefficient (Wildman–Crippen LogP) is 2.16. The maximum Gasteiger partial charge on any atom is 0.331 e. The fourth-order valence-electron chi connectivity index (χ4n) is 5.43. The first-order chi connectivity index (χ1) is 15.9. The Morgan fingerprint density at radius 2 is 2.00 bits per heavy atom. The number of nitro groups is 1. The molecule has 0 aromatic heterocycles. The molecule has 3 aliphatic rings. The summed E-state index contributed by atoms with van der Waals surface area (Å²) in [6.07, 6.45) is 0.505. The Bertz CT molecular complexity index is 1100. The number of non-ortho nitro benzene ring substituents is 1. The summed E-state index contributed by atoms with van der Waals surface area (Å²) in [6, 6.07) is 2.86. The van der Waals surface area contributed by atoms with Crippen molar-refractivity contribution in [3.05, 3.63) is 33.9 Å². The lowest BCUT2D eigenvalue weighted by Crippen LogP contribution is -2.75. The van der Waals surface area contributed by atoms with Crippen molar-refractivity contribution in [2.24, 2.45) is 11.3 Å². The molecule has 1 N–H and O–H groups in total. The summed E-state index contributed by atoms with van der Waals surface area (Å²) in [7, 11) is 0. The molecule has 2 fully saturated rings. The van der Waals surface area contributed by atoms with E-state index in [0.717, 1.165) is 4.90 Å². The fourth-order valence-corrected chi connectivity index (χ4v) is 5.43. The number of amides is 4. The van der Waals surface area contributed by atoms with Crippen LogP contribution in [0.5, 0.6) is 0 Å². The highest BCUT2D eigenvalue weighted by molar-refractivity contribution is 6.20. The second-order valence-corrected chi connectivity index (χ2v) is 9.97. The van der Waals surface area contributed by atoms with Crippen LogP contribution >= 0.6 is 0 Å². The van der Waals surface area contributed by atoms with Gasteiger partial charge in [-0.05, 0) is 52.2 Å². The number of nitro benzene ring substituents is 1. The average Bonchev–Trinajstić information content (AvgIpc) is 2.75. The third-order valence-corrected chi connectivity index (χ3v) is 6.93. The van der Waals surface area contributed by atoms with Gasteiger partial charge < -0.3 is 9.64 Å². The molecule has 182 valence electrons. The molecule has 0 saturated carbocycles. The molecular weight excluding hydrogens is 444 g/mol. The average molecular weight is 472 g/mol. The maximum absolute atomic E-state index is 14.0. The van der Waals surface area contributed by atoms with Crippen molar-refractivity contribution in [1.29, 1.82) is 0 Å². The standard InChI is InChI=1S/C23H28N4O7/c1-5-34-18(28)13-8-9-25-16-7-6-15(27(32)33)10-14(16)12-23(17(25)11-13)19(29)24-21(31)26(20(23)30)22(2,3)4/h6-7,10,13,17H,5,8-9,11-12H2,1-4H3,(H,24,29,31)/t13-,17-,23-/m0/s1. The van der Waals surface area contributed by atoms with Crippen LogP contribution in [0.1, 0.15) is 46.1 Å². The predicted molar refractivity (Wildman–Crippen MR) is 120 cm³/mol. The number of ether oxygens (including phenoxy) is 1. The van der Waals surface area contributed by atoms with Crippen molar-refractivity contribution < 1.29 is 28.8 Å². The molecule has 3 atom stereocenters. The molecule has 4 amide bonds. The number of esters is 1. The summed E-state index contributed by atoms with van der Waals surface area (Å²) in [5.41, 5.74) is -1.64. The van der Waals surface area contributed by atoms with Gasteiger partial charge in [0.05, 0.1) is 23.5 Å². The van der Waals surface area contributed by atoms with Crippen molar-refractivity contribution in [3.8, 4) is 0 Å². The van der Waals surface area contributed by atoms with Gasteiger partial charge in [0, 0.05) is 36.3 Å². The highest BCUT2D eigenvalue weighted by Crippen LogP contribution is 2.50. The number of nitrogens with one attached hydrogen (secondary N) is 1. The van der Waals surface area contributed by atoms with Crippen LogP contribution in [0.15, 0.2) is 18.2 Å². The van der Waals surface area contributed by atoms with Crippen molar-refractivity contribution in [1.82, 2.24) is 10.2 Å². The van der Waals surface area contributed by atoms with Gasteiger partial charge >= 0.3 is 12.0 Å². The van der Waals surface area contributed by atoms with E-state index in [1.165, 1.54) is 12.1 Å². The monoisotopic (exact) mass is 472 g/mol. The molecule has 11 heteroatoms. The smallest absolute Gasteiger partial charge is 0.331 e. The van der Waals surface area contributed by atoms with Crippen LogP contribution in [0.25, 0.3) is 0 Å². The lowest BCUT2D eigenvalue weighted by atomic mass is 9.64. The number of rotatable bonds is 3. The van der Waals surface area contributed by atoms with Crippen LogP contribution in [-0.2, 0) is 25.5 Å². The summed E-state index contributed by atoms with van der Waals surface area (Å²) in [6.45, 7) is 7.35. The van der Waals surface area contributed by atoms with Crippen LogP contribution in [0.3, 0.4) is 0 Å². The largest absolute Gasteiger partial charge is 0.466 e. The van der Waals surface area contributed by atoms with E-state index in [9.17, 15) is 29.3 Å². The number of benzene rings is 1. The molecular formula is C23H28N4O7. The summed E-state index contributed by atoms with van der Waals surface area (Å²) in [5, 5.41) is 13.8. The minimum atomic E-state index is -1.73. The Hall–Kier alpha value is -3.50. The molecule has 1 spiro atoms. The highest BCUT2D eigenvalue weighted by Gasteiger charge is 2.64. The number of fused-ring (bicyclic) bond motifs is 4. The number of piperidine rings is 1. The molecule has 34 heavy (non-hydrogen) atoms. The van der Waals surface area contributed by atoms with Gasteiger partial charge in [0.1, 0.15) is 0 Å². The van der Waals surface area contributed by atoms with Gasteiger partial charge in [0.25, 0.3) is 5.69 Å². The summed E-state index contributed by atoms with van der Waals surface area (Å²) < 4.78 is 5.21. The molecule has 0 radical (unpaired) electrons. The van der Waals surface area contributed by atoms with E-state index in [0.29, 0.717) is 24.2 Å². The quantitative estimate of drug-likeness (QED) is 0.306. The Labute approximate surface area is 196 Å². The van der Waals surface area contributed by atoms with E-state index in [4.69, 9.17) is 4.74 Å². The number of carbonyl (C=O) groups is 4. The zero-order chi connectivity index (χ0) is 25.0. The number of hydrogen-bond donors (Lipinski definition) is 1. The summed E-state index contributed by atoms with van der Waals surface area (Å²) in [4.78, 5) is 66.6. The molecule has 2 saturated heterocycles. The summed E-state index contributed by atoms with van der Waals surface area (Å²) in [5.74, 6) is -2.32. The molecule has 0 bridgehead atoms. The van der Waals surface area contributed by atoms with Crippen LogP contribution in [0.2, 0.25) is 0 Å². The number of carbonyl (C=O) groups excluding carboxylic acids is 4. The number of imide groups is 2. The molecule has 4 rings (SSSR count). The second kappa shape index (κ2) is 8.07. The fraction of sp³-hybridized carbons (Fsp3) is 0.565. The van der Waals surface area contributed by atoms with Gasteiger partial charge in [-0.2, -0.15) is 0 Å². The Kier molecular flexibility index (Phi) is 5.61. The molecule has 1 aromatic carbocycles. The molecule has 3 heterocycles. The van der Waals surface area contributed by atoms with Gasteiger partial charge in [-0.1, -0.05) is 0 Å². The molecule has 3 aliphatic heterocycles. The van der Waals surface area contributed by atoms with E-state index in [1.54, 1.807) is 33.8 Å². The maximum atomic E-state index is 14.0. The van der Waals surface area contributed by atoms with Gasteiger partial charge in [-0.15, -0.1) is 0 Å². The van der Waals surface area contributed by atoms with E-state index < -0.39 is 45.7 Å². The third kappa shape index (κ3) is 3.50. The van der Waals surface area contributed by atoms with Crippen molar-refractivity contribution in [2.45, 2.75) is 58.5 Å². The van der Waals surface area contributed by atoms with Crippen molar-refractivity contribution >= 4 is 35.2 Å². The van der Waals surface area contributed by atoms with Gasteiger partial charge in [-0.3, -0.25) is 34.7 Å². The number of urea groups is 1. The molecule has 11 nitrogen and oxygen atoms in total.